The van der Waals surface area contributed by atoms with Gasteiger partial charge in [-0.25, -0.2) is 0 Å². The Morgan fingerprint density at radius 2 is 1.96 bits per heavy atom. The molecule has 132 valence electrons. The van der Waals surface area contributed by atoms with Gasteiger partial charge in [0.2, 0.25) is 0 Å². The predicted molar refractivity (Wildman–Crippen MR) is 97.3 cm³/mol. The lowest BCUT2D eigenvalue weighted by atomic mass is 9.83. The Balaban J connectivity index is 2.19. The Hall–Kier alpha value is -1.72. The molecule has 2 rings (SSSR count). The first kappa shape index (κ1) is 18.6. The molecule has 2 N–H and O–H groups in total. The number of aryl methyl sites for hydroxylation is 1. The van der Waals surface area contributed by atoms with Gasteiger partial charge in [-0.15, -0.1) is 0 Å². The molecule has 0 saturated heterocycles. The van der Waals surface area contributed by atoms with E-state index in [2.05, 4.69) is 49.3 Å². The fourth-order valence-corrected chi connectivity index (χ4v) is 3.26. The quantitative estimate of drug-likeness (QED) is 0.781. The Labute approximate surface area is 145 Å². The molecule has 0 aliphatic heterocycles. The third-order valence-corrected chi connectivity index (χ3v) is 4.61. The average Bonchev–Trinajstić information content (AvgIpc) is 2.92. The zero-order chi connectivity index (χ0) is 17.7. The van der Waals surface area contributed by atoms with Gasteiger partial charge >= 0.3 is 0 Å². The largest absolute Gasteiger partial charge is 0.396 e. The molecule has 0 radical (unpaired) electrons. The molecule has 0 bridgehead atoms. The van der Waals surface area contributed by atoms with Crippen molar-refractivity contribution in [2.75, 3.05) is 6.61 Å². The van der Waals surface area contributed by atoms with Crippen molar-refractivity contribution in [2.24, 2.45) is 24.8 Å². The first-order chi connectivity index (χ1) is 11.4. The Morgan fingerprint density at radius 3 is 2.50 bits per heavy atom. The highest BCUT2D eigenvalue weighted by Gasteiger charge is 2.26. The zero-order valence-electron chi connectivity index (χ0n) is 15.4. The fraction of sp³-hybridized carbons (Fsp3) is 0.579. The lowest BCUT2D eigenvalue weighted by Crippen LogP contribution is -2.43. The van der Waals surface area contributed by atoms with Crippen LogP contribution in [0.15, 0.2) is 30.7 Å². The van der Waals surface area contributed by atoms with E-state index in [1.165, 1.54) is 0 Å². The van der Waals surface area contributed by atoms with E-state index in [0.717, 1.165) is 23.4 Å². The van der Waals surface area contributed by atoms with Gasteiger partial charge < -0.3 is 10.4 Å². The molecule has 2 aromatic rings. The molecule has 2 unspecified atom stereocenters. The highest BCUT2D eigenvalue weighted by atomic mass is 16.3. The maximum Gasteiger partial charge on any atom is 0.0983 e. The van der Waals surface area contributed by atoms with Crippen LogP contribution < -0.4 is 5.32 Å². The number of aliphatic hydroxyl groups excluding tert-OH is 1. The average molecular weight is 330 g/mol. The SMILES string of the molecule is CC(C)C(CO)C(NCc1cn(C)nc1-c1cccnc1)C(C)C. The highest BCUT2D eigenvalue weighted by Crippen LogP contribution is 2.24. The standard InChI is InChI=1S/C19H30N4O/c1-13(2)17(12-24)18(14(3)4)21-10-16-11-23(5)22-19(16)15-7-6-8-20-9-15/h6-9,11,13-14,17-18,21,24H,10,12H2,1-5H3. The molecule has 24 heavy (non-hydrogen) atoms. The zero-order valence-corrected chi connectivity index (χ0v) is 15.4. The Morgan fingerprint density at radius 1 is 1.21 bits per heavy atom. The Kier molecular flexibility index (Phi) is 6.52. The second-order valence-electron chi connectivity index (χ2n) is 7.16. The van der Waals surface area contributed by atoms with Crippen molar-refractivity contribution >= 4 is 0 Å². The number of nitrogens with zero attached hydrogens (tertiary/aromatic N) is 3. The van der Waals surface area contributed by atoms with Crippen LogP contribution in [0.4, 0.5) is 0 Å². The molecule has 5 nitrogen and oxygen atoms in total. The molecular weight excluding hydrogens is 300 g/mol. The molecule has 0 amide bonds. The van der Waals surface area contributed by atoms with E-state index >= 15 is 0 Å². The van der Waals surface area contributed by atoms with Gasteiger partial charge in [0.15, 0.2) is 0 Å². The van der Waals surface area contributed by atoms with E-state index in [1.807, 2.05) is 30.1 Å². The number of rotatable bonds is 8. The molecule has 0 spiro atoms. The lowest BCUT2D eigenvalue weighted by molar-refractivity contribution is 0.128. The molecule has 2 atom stereocenters. The summed E-state index contributed by atoms with van der Waals surface area (Å²) in [5.41, 5.74) is 3.14. The van der Waals surface area contributed by atoms with Crippen molar-refractivity contribution in [2.45, 2.75) is 40.3 Å². The summed E-state index contributed by atoms with van der Waals surface area (Å²) < 4.78 is 1.84. The van der Waals surface area contributed by atoms with Crippen molar-refractivity contribution in [3.8, 4) is 11.3 Å². The normalized spacial score (nSPS) is 14.3. The van der Waals surface area contributed by atoms with Crippen LogP contribution in [0.3, 0.4) is 0 Å². The third kappa shape index (κ3) is 4.42. The minimum atomic E-state index is 0.204. The van der Waals surface area contributed by atoms with Crippen molar-refractivity contribution in [3.63, 3.8) is 0 Å². The first-order valence-corrected chi connectivity index (χ1v) is 8.71. The van der Waals surface area contributed by atoms with Crippen LogP contribution in [0.1, 0.15) is 33.3 Å². The van der Waals surface area contributed by atoms with E-state index in [0.29, 0.717) is 11.8 Å². The van der Waals surface area contributed by atoms with E-state index in [4.69, 9.17) is 0 Å². The van der Waals surface area contributed by atoms with Gasteiger partial charge in [-0.2, -0.15) is 5.10 Å². The summed E-state index contributed by atoms with van der Waals surface area (Å²) in [5.74, 6) is 1.12. The predicted octanol–water partition coefficient (Wildman–Crippen LogP) is 2.86. The minimum absolute atomic E-state index is 0.204. The topological polar surface area (TPSA) is 63.0 Å². The number of hydrogen-bond donors (Lipinski definition) is 2. The smallest absolute Gasteiger partial charge is 0.0983 e. The summed E-state index contributed by atoms with van der Waals surface area (Å²) in [4.78, 5) is 4.20. The van der Waals surface area contributed by atoms with E-state index in [9.17, 15) is 5.11 Å². The molecule has 0 aromatic carbocycles. The molecule has 0 saturated carbocycles. The van der Waals surface area contributed by atoms with Gasteiger partial charge in [0.05, 0.1) is 5.69 Å². The second kappa shape index (κ2) is 8.40. The summed E-state index contributed by atoms with van der Waals surface area (Å²) >= 11 is 0. The van der Waals surface area contributed by atoms with Gasteiger partial charge in [0.25, 0.3) is 0 Å². The van der Waals surface area contributed by atoms with Crippen LogP contribution in [-0.2, 0) is 13.6 Å². The Bertz CT molecular complexity index is 622. The molecule has 0 aliphatic carbocycles. The number of hydrogen-bond acceptors (Lipinski definition) is 4. The summed E-state index contributed by atoms with van der Waals surface area (Å²) in [6, 6.07) is 4.22. The molecule has 5 heteroatoms. The summed E-state index contributed by atoms with van der Waals surface area (Å²) in [7, 11) is 1.94. The maximum atomic E-state index is 9.78. The second-order valence-corrected chi connectivity index (χ2v) is 7.16. The van der Waals surface area contributed by atoms with Crippen LogP contribution in [0.5, 0.6) is 0 Å². The number of pyridine rings is 1. The first-order valence-electron chi connectivity index (χ1n) is 8.71. The van der Waals surface area contributed by atoms with E-state index < -0.39 is 0 Å². The van der Waals surface area contributed by atoms with Crippen molar-refractivity contribution < 1.29 is 5.11 Å². The summed E-state index contributed by atoms with van der Waals surface area (Å²) in [6.45, 7) is 9.67. The van der Waals surface area contributed by atoms with Crippen LogP contribution in [0.2, 0.25) is 0 Å². The molecule has 2 heterocycles. The molecular formula is C19H30N4O. The van der Waals surface area contributed by atoms with Gasteiger partial charge in [-0.05, 0) is 29.9 Å². The van der Waals surface area contributed by atoms with Crippen LogP contribution in [-0.4, -0.2) is 32.5 Å². The monoisotopic (exact) mass is 330 g/mol. The summed E-state index contributed by atoms with van der Waals surface area (Å²) in [6.07, 6.45) is 5.67. The number of aliphatic hydroxyl groups is 1. The van der Waals surface area contributed by atoms with Gasteiger partial charge in [0, 0.05) is 56.0 Å². The van der Waals surface area contributed by atoms with Gasteiger partial charge in [0.1, 0.15) is 0 Å². The van der Waals surface area contributed by atoms with Gasteiger partial charge in [-0.3, -0.25) is 9.67 Å². The van der Waals surface area contributed by atoms with E-state index in [-0.39, 0.29) is 18.6 Å². The molecule has 0 fully saturated rings. The molecule has 0 aliphatic rings. The highest BCUT2D eigenvalue weighted by molar-refractivity contribution is 5.61. The maximum absolute atomic E-state index is 9.78. The van der Waals surface area contributed by atoms with Gasteiger partial charge in [-0.1, -0.05) is 27.7 Å². The van der Waals surface area contributed by atoms with Crippen molar-refractivity contribution in [1.29, 1.82) is 0 Å². The third-order valence-electron chi connectivity index (χ3n) is 4.61. The number of nitrogens with one attached hydrogen (secondary N) is 1. The molecule has 2 aromatic heterocycles. The van der Waals surface area contributed by atoms with Crippen molar-refractivity contribution in [1.82, 2.24) is 20.1 Å². The summed E-state index contributed by atoms with van der Waals surface area (Å²) in [5, 5.41) is 18.0. The number of aromatic nitrogens is 3. The van der Waals surface area contributed by atoms with Crippen LogP contribution in [0.25, 0.3) is 11.3 Å². The van der Waals surface area contributed by atoms with Crippen LogP contribution >= 0.6 is 0 Å². The minimum Gasteiger partial charge on any atom is -0.396 e. The van der Waals surface area contributed by atoms with E-state index in [1.54, 1.807) is 6.20 Å². The van der Waals surface area contributed by atoms with Crippen LogP contribution in [0, 0.1) is 17.8 Å². The van der Waals surface area contributed by atoms with Crippen molar-refractivity contribution in [3.05, 3.63) is 36.3 Å². The fourth-order valence-electron chi connectivity index (χ4n) is 3.26. The lowest BCUT2D eigenvalue weighted by Gasteiger charge is -2.32.